The second-order valence-electron chi connectivity index (χ2n) is 9.01. The molecule has 2 fully saturated rings. The van der Waals surface area contributed by atoms with Gasteiger partial charge in [-0.25, -0.2) is 9.78 Å². The molecule has 4 heterocycles. The lowest BCUT2D eigenvalue weighted by Gasteiger charge is -2.39. The number of rotatable bonds is 3. The number of hydrogen-bond donors (Lipinski definition) is 1. The van der Waals surface area contributed by atoms with E-state index in [9.17, 15) is 19.5 Å². The number of aromatic nitrogens is 2. The van der Waals surface area contributed by atoms with E-state index in [0.29, 0.717) is 44.6 Å². The number of likely N-dealkylation sites (tertiary alicyclic amines) is 2. The van der Waals surface area contributed by atoms with E-state index in [1.807, 2.05) is 29.9 Å². The average molecular weight is 412 g/mol. The quantitative estimate of drug-likeness (QED) is 0.833. The van der Waals surface area contributed by atoms with Crippen LogP contribution in [0.2, 0.25) is 0 Å². The number of nitrogens with zero attached hydrogens (tertiary/aromatic N) is 4. The summed E-state index contributed by atoms with van der Waals surface area (Å²) in [5.74, 6) is -1.39. The van der Waals surface area contributed by atoms with Gasteiger partial charge in [0.2, 0.25) is 5.91 Å². The Hall–Kier alpha value is -2.90. The van der Waals surface area contributed by atoms with Gasteiger partial charge in [0, 0.05) is 44.2 Å². The minimum atomic E-state index is -0.945. The van der Waals surface area contributed by atoms with E-state index in [1.54, 1.807) is 24.8 Å². The number of carbonyl (C=O) groups excluding carboxylic acids is 2. The topological polar surface area (TPSA) is 95.7 Å². The highest BCUT2D eigenvalue weighted by atomic mass is 16.4. The van der Waals surface area contributed by atoms with Gasteiger partial charge in [-0.2, -0.15) is 0 Å². The Morgan fingerprint density at radius 3 is 2.50 bits per heavy atom. The smallest absolute Gasteiger partial charge is 0.326 e. The number of pyridine rings is 1. The molecule has 0 bridgehead atoms. The third kappa shape index (κ3) is 3.44. The lowest BCUT2D eigenvalue weighted by molar-refractivity contribution is -0.149. The molecular formula is C22H28N4O4. The van der Waals surface area contributed by atoms with Crippen molar-refractivity contribution >= 4 is 28.8 Å². The van der Waals surface area contributed by atoms with Gasteiger partial charge in [-0.3, -0.25) is 9.59 Å². The molecular weight excluding hydrogens is 384 g/mol. The van der Waals surface area contributed by atoms with Gasteiger partial charge in [0.1, 0.15) is 17.4 Å². The monoisotopic (exact) mass is 412 g/mol. The number of fused-ring (bicyclic) bond motifs is 1. The second-order valence-corrected chi connectivity index (χ2v) is 9.01. The molecule has 0 aromatic carbocycles. The zero-order chi connectivity index (χ0) is 21.6. The molecule has 1 spiro atoms. The van der Waals surface area contributed by atoms with E-state index in [0.717, 1.165) is 11.0 Å². The van der Waals surface area contributed by atoms with Crippen molar-refractivity contribution in [3.05, 3.63) is 30.1 Å². The molecule has 4 rings (SSSR count). The van der Waals surface area contributed by atoms with Crippen LogP contribution in [0.1, 0.15) is 43.6 Å². The van der Waals surface area contributed by atoms with Crippen LogP contribution in [0.5, 0.6) is 0 Å². The number of aryl methyl sites for hydroxylation is 1. The summed E-state index contributed by atoms with van der Waals surface area (Å²) < 4.78 is 1.89. The molecule has 8 heteroatoms. The second kappa shape index (κ2) is 7.41. The molecule has 0 radical (unpaired) electrons. The summed E-state index contributed by atoms with van der Waals surface area (Å²) in [4.78, 5) is 45.2. The van der Waals surface area contributed by atoms with Crippen molar-refractivity contribution in [3.63, 3.8) is 0 Å². The fourth-order valence-corrected chi connectivity index (χ4v) is 4.80. The van der Waals surface area contributed by atoms with Crippen molar-refractivity contribution in [1.29, 1.82) is 0 Å². The number of aliphatic carboxylic acids is 1. The molecule has 1 atom stereocenters. The first-order valence-electron chi connectivity index (χ1n) is 10.5. The minimum Gasteiger partial charge on any atom is -0.480 e. The summed E-state index contributed by atoms with van der Waals surface area (Å²) in [5.41, 5.74) is 0.962. The van der Waals surface area contributed by atoms with Gasteiger partial charge in [0.25, 0.3) is 5.91 Å². The Bertz CT molecular complexity index is 1000. The summed E-state index contributed by atoms with van der Waals surface area (Å²) in [6, 6.07) is 4.85. The van der Waals surface area contributed by atoms with Crippen LogP contribution < -0.4 is 0 Å². The van der Waals surface area contributed by atoms with Crippen LogP contribution in [0.25, 0.3) is 11.0 Å². The standard InChI is InChI=1S/C22H28N4O4/c1-14(2)19(27)26-13-22(12-17(26)21(29)30)7-10-25(11-8-22)20(28)16-5-4-15-6-9-24(3)18(15)23-16/h4-6,9,14,17H,7-8,10-13H2,1-3H3,(H,29,30). The molecule has 2 aliphatic rings. The largest absolute Gasteiger partial charge is 0.480 e. The average Bonchev–Trinajstić information content (AvgIpc) is 3.28. The van der Waals surface area contributed by atoms with Gasteiger partial charge >= 0.3 is 5.97 Å². The van der Waals surface area contributed by atoms with Gasteiger partial charge in [0.15, 0.2) is 0 Å². The Balaban J connectivity index is 1.47. The van der Waals surface area contributed by atoms with E-state index < -0.39 is 12.0 Å². The van der Waals surface area contributed by atoms with Crippen LogP contribution in [-0.4, -0.2) is 67.9 Å². The van der Waals surface area contributed by atoms with Crippen LogP contribution in [0.15, 0.2) is 24.4 Å². The number of carbonyl (C=O) groups is 3. The lowest BCUT2D eigenvalue weighted by atomic mass is 9.76. The van der Waals surface area contributed by atoms with E-state index in [-0.39, 0.29) is 23.1 Å². The predicted molar refractivity (Wildman–Crippen MR) is 111 cm³/mol. The predicted octanol–water partition coefficient (Wildman–Crippen LogP) is 2.14. The lowest BCUT2D eigenvalue weighted by Crippen LogP contribution is -2.45. The Labute approximate surface area is 175 Å². The number of carboxylic acid groups (broad SMARTS) is 1. The fraction of sp³-hybridized carbons (Fsp3) is 0.545. The molecule has 0 aliphatic carbocycles. The highest BCUT2D eigenvalue weighted by Gasteiger charge is 2.50. The zero-order valence-electron chi connectivity index (χ0n) is 17.7. The molecule has 2 aromatic heterocycles. The molecule has 8 nitrogen and oxygen atoms in total. The third-order valence-electron chi connectivity index (χ3n) is 6.62. The van der Waals surface area contributed by atoms with Crippen molar-refractivity contribution < 1.29 is 19.5 Å². The van der Waals surface area contributed by atoms with Gasteiger partial charge < -0.3 is 19.5 Å². The number of piperidine rings is 1. The zero-order valence-corrected chi connectivity index (χ0v) is 17.7. The summed E-state index contributed by atoms with van der Waals surface area (Å²) in [5, 5.41) is 10.6. The van der Waals surface area contributed by atoms with Crippen LogP contribution in [0.4, 0.5) is 0 Å². The SMILES string of the molecule is CC(C)C(=O)N1CC2(CCN(C(=O)c3ccc4ccn(C)c4n3)CC2)CC1C(=O)O. The van der Waals surface area contributed by atoms with Crippen LogP contribution in [0.3, 0.4) is 0 Å². The first-order valence-corrected chi connectivity index (χ1v) is 10.5. The molecule has 2 aliphatic heterocycles. The van der Waals surface area contributed by atoms with Crippen LogP contribution >= 0.6 is 0 Å². The highest BCUT2D eigenvalue weighted by Crippen LogP contribution is 2.44. The first kappa shape index (κ1) is 20.4. The Kier molecular flexibility index (Phi) is 5.03. The summed E-state index contributed by atoms with van der Waals surface area (Å²) in [6.07, 6.45) is 3.75. The van der Waals surface area contributed by atoms with E-state index in [1.165, 1.54) is 4.90 Å². The molecule has 160 valence electrons. The number of hydrogen-bond acceptors (Lipinski definition) is 4. The maximum Gasteiger partial charge on any atom is 0.326 e. The third-order valence-corrected chi connectivity index (χ3v) is 6.62. The van der Waals surface area contributed by atoms with E-state index in [2.05, 4.69) is 4.98 Å². The molecule has 1 N–H and O–H groups in total. The maximum absolute atomic E-state index is 13.0. The van der Waals surface area contributed by atoms with Gasteiger partial charge in [-0.15, -0.1) is 0 Å². The van der Waals surface area contributed by atoms with Crippen molar-refractivity contribution in [3.8, 4) is 0 Å². The maximum atomic E-state index is 13.0. The fourth-order valence-electron chi connectivity index (χ4n) is 4.80. The molecule has 2 aromatic rings. The first-order chi connectivity index (χ1) is 14.2. The van der Waals surface area contributed by atoms with Crippen molar-refractivity contribution in [2.24, 2.45) is 18.4 Å². The van der Waals surface area contributed by atoms with Gasteiger partial charge in [-0.1, -0.05) is 13.8 Å². The number of carboxylic acids is 1. The van der Waals surface area contributed by atoms with Gasteiger partial charge in [0.05, 0.1) is 0 Å². The van der Waals surface area contributed by atoms with E-state index in [4.69, 9.17) is 0 Å². The summed E-state index contributed by atoms with van der Waals surface area (Å²) in [7, 11) is 1.90. The molecule has 2 amide bonds. The Morgan fingerprint density at radius 2 is 1.87 bits per heavy atom. The van der Waals surface area contributed by atoms with Crippen molar-refractivity contribution in [1.82, 2.24) is 19.4 Å². The molecule has 0 saturated carbocycles. The van der Waals surface area contributed by atoms with Gasteiger partial charge in [-0.05, 0) is 42.9 Å². The van der Waals surface area contributed by atoms with E-state index >= 15 is 0 Å². The Morgan fingerprint density at radius 1 is 1.17 bits per heavy atom. The summed E-state index contributed by atoms with van der Waals surface area (Å²) >= 11 is 0. The van der Waals surface area contributed by atoms with Crippen molar-refractivity contribution in [2.75, 3.05) is 19.6 Å². The molecule has 2 saturated heterocycles. The van der Waals surface area contributed by atoms with Crippen LogP contribution in [-0.2, 0) is 16.6 Å². The van der Waals surface area contributed by atoms with Crippen molar-refractivity contribution in [2.45, 2.75) is 39.2 Å². The molecule has 1 unspecified atom stereocenters. The minimum absolute atomic E-state index is 0.101. The highest BCUT2D eigenvalue weighted by molar-refractivity contribution is 5.94. The normalized spacial score (nSPS) is 21.0. The summed E-state index contributed by atoms with van der Waals surface area (Å²) in [6.45, 7) is 5.13. The number of amides is 2. The molecule has 30 heavy (non-hydrogen) atoms. The van der Waals surface area contributed by atoms with Crippen LogP contribution in [0, 0.1) is 11.3 Å².